The summed E-state index contributed by atoms with van der Waals surface area (Å²) in [4.78, 5) is 39.2. The van der Waals surface area contributed by atoms with Gasteiger partial charge >= 0.3 is 0 Å². The maximum absolute atomic E-state index is 12.9. The molecule has 4 rings (SSSR count). The summed E-state index contributed by atoms with van der Waals surface area (Å²) in [5.74, 6) is 0.148. The van der Waals surface area contributed by atoms with Gasteiger partial charge in [-0.15, -0.1) is 0 Å². The van der Waals surface area contributed by atoms with Crippen LogP contribution in [0, 0.1) is 6.92 Å². The maximum atomic E-state index is 12.9. The molecular formula is C28H25ClN2O5S. The van der Waals surface area contributed by atoms with Gasteiger partial charge in [-0.3, -0.25) is 19.3 Å². The predicted octanol–water partition coefficient (Wildman–Crippen LogP) is 6.30. The Kier molecular flexibility index (Phi) is 8.53. The van der Waals surface area contributed by atoms with Gasteiger partial charge in [0.05, 0.1) is 18.1 Å². The maximum Gasteiger partial charge on any atom is 0.293 e. The molecule has 0 unspecified atom stereocenters. The molecular weight excluding hydrogens is 512 g/mol. The normalized spacial score (nSPS) is 14.2. The van der Waals surface area contributed by atoms with Crippen molar-refractivity contribution in [1.29, 1.82) is 0 Å². The van der Waals surface area contributed by atoms with Crippen molar-refractivity contribution in [3.63, 3.8) is 0 Å². The lowest BCUT2D eigenvalue weighted by Crippen LogP contribution is -2.27. The van der Waals surface area contributed by atoms with Crippen LogP contribution in [0.4, 0.5) is 10.5 Å². The summed E-state index contributed by atoms with van der Waals surface area (Å²) in [6.07, 6.45) is 1.64. The Hall–Kier alpha value is -3.75. The molecule has 0 radical (unpaired) electrons. The topological polar surface area (TPSA) is 84.9 Å². The number of halogens is 1. The lowest BCUT2D eigenvalue weighted by Gasteiger charge is -2.13. The average Bonchev–Trinajstić information content (AvgIpc) is 3.12. The van der Waals surface area contributed by atoms with E-state index in [0.29, 0.717) is 39.3 Å². The standard InChI is InChI=1S/C28H25ClN2O5S/c1-3-35-24-14-19(9-12-23(24)36-17-26(32)30-22-10-7-18(2)8-11-22)15-25-27(33)31(28(34)37-25)16-20-5-4-6-21(29)13-20/h4-15H,3,16-17H2,1-2H3,(H,30,32)/b25-15-. The number of hydrogen-bond acceptors (Lipinski definition) is 6. The second kappa shape index (κ2) is 12.0. The van der Waals surface area contributed by atoms with Gasteiger partial charge in [-0.05, 0) is 79.2 Å². The number of rotatable bonds is 9. The zero-order valence-corrected chi connectivity index (χ0v) is 21.9. The van der Waals surface area contributed by atoms with Gasteiger partial charge in [0, 0.05) is 10.7 Å². The number of carbonyl (C=O) groups excluding carboxylic acids is 3. The number of amides is 3. The summed E-state index contributed by atoms with van der Waals surface area (Å²) in [5, 5.41) is 2.98. The first kappa shape index (κ1) is 26.3. The van der Waals surface area contributed by atoms with E-state index in [1.807, 2.05) is 44.2 Å². The molecule has 1 heterocycles. The van der Waals surface area contributed by atoms with Crippen molar-refractivity contribution < 1.29 is 23.9 Å². The fraction of sp³-hybridized carbons (Fsp3) is 0.179. The number of imide groups is 1. The highest BCUT2D eigenvalue weighted by atomic mass is 35.5. The number of anilines is 1. The van der Waals surface area contributed by atoms with Crippen LogP contribution in [0.2, 0.25) is 5.02 Å². The number of benzene rings is 3. The van der Waals surface area contributed by atoms with Crippen LogP contribution in [-0.4, -0.2) is 35.2 Å². The first-order valence-corrected chi connectivity index (χ1v) is 12.8. The van der Waals surface area contributed by atoms with E-state index in [-0.39, 0.29) is 30.2 Å². The van der Waals surface area contributed by atoms with Crippen LogP contribution >= 0.6 is 23.4 Å². The van der Waals surface area contributed by atoms with E-state index < -0.39 is 0 Å². The second-order valence-electron chi connectivity index (χ2n) is 8.24. The van der Waals surface area contributed by atoms with E-state index >= 15 is 0 Å². The number of hydrogen-bond donors (Lipinski definition) is 1. The number of nitrogens with zero attached hydrogens (tertiary/aromatic N) is 1. The zero-order chi connectivity index (χ0) is 26.4. The third-order valence-electron chi connectivity index (χ3n) is 5.36. The first-order valence-electron chi connectivity index (χ1n) is 11.6. The monoisotopic (exact) mass is 536 g/mol. The minimum absolute atomic E-state index is 0.143. The Balaban J connectivity index is 1.44. The fourth-order valence-corrected chi connectivity index (χ4v) is 4.64. The largest absolute Gasteiger partial charge is 0.490 e. The third kappa shape index (κ3) is 6.93. The zero-order valence-electron chi connectivity index (χ0n) is 20.3. The molecule has 1 N–H and O–H groups in total. The van der Waals surface area contributed by atoms with E-state index in [4.69, 9.17) is 21.1 Å². The van der Waals surface area contributed by atoms with Gasteiger partial charge in [0.1, 0.15) is 0 Å². The molecule has 190 valence electrons. The van der Waals surface area contributed by atoms with Gasteiger partial charge in [-0.2, -0.15) is 0 Å². The molecule has 9 heteroatoms. The van der Waals surface area contributed by atoms with Crippen molar-refractivity contribution >= 4 is 52.2 Å². The van der Waals surface area contributed by atoms with Gasteiger partial charge in [0.25, 0.3) is 17.1 Å². The van der Waals surface area contributed by atoms with Gasteiger partial charge < -0.3 is 14.8 Å². The minimum Gasteiger partial charge on any atom is -0.490 e. The number of ether oxygens (including phenoxy) is 2. The van der Waals surface area contributed by atoms with Gasteiger partial charge in [-0.25, -0.2) is 0 Å². The summed E-state index contributed by atoms with van der Waals surface area (Å²) in [6.45, 7) is 4.13. The number of aryl methyl sites for hydroxylation is 1. The summed E-state index contributed by atoms with van der Waals surface area (Å²) in [5.41, 5.74) is 3.21. The van der Waals surface area contributed by atoms with E-state index in [1.54, 1.807) is 42.5 Å². The molecule has 7 nitrogen and oxygen atoms in total. The molecule has 1 aliphatic rings. The van der Waals surface area contributed by atoms with Crippen molar-refractivity contribution in [3.05, 3.63) is 93.3 Å². The number of carbonyl (C=O) groups is 3. The third-order valence-corrected chi connectivity index (χ3v) is 6.51. The van der Waals surface area contributed by atoms with Gasteiger partial charge in [0.15, 0.2) is 18.1 Å². The van der Waals surface area contributed by atoms with Crippen molar-refractivity contribution in [1.82, 2.24) is 4.90 Å². The highest BCUT2D eigenvalue weighted by Crippen LogP contribution is 2.35. The van der Waals surface area contributed by atoms with Crippen molar-refractivity contribution in [3.8, 4) is 11.5 Å². The van der Waals surface area contributed by atoms with Crippen LogP contribution in [0.5, 0.6) is 11.5 Å². The van der Waals surface area contributed by atoms with Crippen LogP contribution in [0.25, 0.3) is 6.08 Å². The molecule has 1 aliphatic heterocycles. The Morgan fingerprint density at radius 1 is 1.03 bits per heavy atom. The number of thioether (sulfide) groups is 1. The highest BCUT2D eigenvalue weighted by Gasteiger charge is 2.35. The smallest absolute Gasteiger partial charge is 0.293 e. The summed E-state index contributed by atoms with van der Waals surface area (Å²) in [6, 6.07) is 19.6. The molecule has 0 spiro atoms. The summed E-state index contributed by atoms with van der Waals surface area (Å²) >= 11 is 6.90. The molecule has 0 aromatic heterocycles. The second-order valence-corrected chi connectivity index (χ2v) is 9.67. The molecule has 0 saturated carbocycles. The quantitative estimate of drug-likeness (QED) is 0.323. The Morgan fingerprint density at radius 3 is 2.54 bits per heavy atom. The van der Waals surface area contributed by atoms with Crippen molar-refractivity contribution in [2.45, 2.75) is 20.4 Å². The predicted molar refractivity (Wildman–Crippen MR) is 146 cm³/mol. The highest BCUT2D eigenvalue weighted by molar-refractivity contribution is 8.18. The van der Waals surface area contributed by atoms with Crippen molar-refractivity contribution in [2.75, 3.05) is 18.5 Å². The van der Waals surface area contributed by atoms with Crippen LogP contribution in [0.3, 0.4) is 0 Å². The van der Waals surface area contributed by atoms with Crippen LogP contribution in [0.15, 0.2) is 71.6 Å². The molecule has 3 aromatic rings. The van der Waals surface area contributed by atoms with Crippen LogP contribution in [-0.2, 0) is 16.1 Å². The SMILES string of the molecule is CCOc1cc(/C=C2\SC(=O)N(Cc3cccc(Cl)c3)C2=O)ccc1OCC(=O)Nc1ccc(C)cc1. The van der Waals surface area contributed by atoms with Crippen LogP contribution in [0.1, 0.15) is 23.6 Å². The Bertz CT molecular complexity index is 1360. The molecule has 3 amide bonds. The fourth-order valence-electron chi connectivity index (χ4n) is 3.58. The van der Waals surface area contributed by atoms with E-state index in [2.05, 4.69) is 5.32 Å². The number of nitrogens with one attached hydrogen (secondary N) is 1. The lowest BCUT2D eigenvalue weighted by atomic mass is 10.1. The van der Waals surface area contributed by atoms with E-state index in [1.165, 1.54) is 4.90 Å². The Labute approximate surface area is 224 Å². The molecule has 1 saturated heterocycles. The minimum atomic E-state index is -0.374. The summed E-state index contributed by atoms with van der Waals surface area (Å²) in [7, 11) is 0. The Morgan fingerprint density at radius 2 is 1.81 bits per heavy atom. The lowest BCUT2D eigenvalue weighted by molar-refractivity contribution is -0.123. The van der Waals surface area contributed by atoms with Crippen molar-refractivity contribution in [2.24, 2.45) is 0 Å². The molecule has 0 atom stereocenters. The molecule has 37 heavy (non-hydrogen) atoms. The average molecular weight is 537 g/mol. The molecule has 1 fully saturated rings. The van der Waals surface area contributed by atoms with Gasteiger partial charge in [-0.1, -0.05) is 47.5 Å². The van der Waals surface area contributed by atoms with E-state index in [0.717, 1.165) is 22.9 Å². The molecule has 3 aromatic carbocycles. The van der Waals surface area contributed by atoms with Crippen LogP contribution < -0.4 is 14.8 Å². The van der Waals surface area contributed by atoms with Gasteiger partial charge in [0.2, 0.25) is 0 Å². The van der Waals surface area contributed by atoms with E-state index in [9.17, 15) is 14.4 Å². The molecule has 0 bridgehead atoms. The molecule has 0 aliphatic carbocycles. The first-order chi connectivity index (χ1) is 17.8. The summed E-state index contributed by atoms with van der Waals surface area (Å²) < 4.78 is 11.4.